The first-order valence-corrected chi connectivity index (χ1v) is 6.20. The molecule has 0 radical (unpaired) electrons. The van der Waals surface area contributed by atoms with E-state index in [0.29, 0.717) is 0 Å². The van der Waals surface area contributed by atoms with Gasteiger partial charge in [0.05, 0.1) is 0 Å². The van der Waals surface area contributed by atoms with Crippen LogP contribution in [0.2, 0.25) is 0 Å². The number of thioether (sulfide) groups is 1. The third kappa shape index (κ3) is 2.26. The molecular weight excluding hydrogens is 224 g/mol. The molecule has 0 saturated carbocycles. The summed E-state index contributed by atoms with van der Waals surface area (Å²) in [5, 5.41) is 2.07. The van der Waals surface area contributed by atoms with Gasteiger partial charge in [-0.3, -0.25) is 0 Å². The molecule has 4 heteroatoms. The Hall–Kier alpha value is -0.740. The van der Waals surface area contributed by atoms with Crippen LogP contribution in [0.25, 0.3) is 0 Å². The van der Waals surface area contributed by atoms with Gasteiger partial charge in [0.25, 0.3) is 0 Å². The molecule has 0 saturated heterocycles. The van der Waals surface area contributed by atoms with Gasteiger partial charge in [-0.2, -0.15) is 0 Å². The van der Waals surface area contributed by atoms with E-state index in [0.717, 1.165) is 0 Å². The highest BCUT2D eigenvalue weighted by atomic mass is 32.2. The van der Waals surface area contributed by atoms with E-state index in [2.05, 4.69) is 58.3 Å². The summed E-state index contributed by atoms with van der Waals surface area (Å²) >= 11 is 6.19. The van der Waals surface area contributed by atoms with Crippen molar-refractivity contribution in [3.05, 3.63) is 35.9 Å². The van der Waals surface area contributed by atoms with Gasteiger partial charge in [0.1, 0.15) is 4.71 Å². The minimum Gasteiger partial charge on any atom is -0.378 e. The number of hydrogen-bond donors (Lipinski definition) is 1. The molecule has 2 nitrogen and oxygen atoms in total. The second kappa shape index (κ2) is 4.41. The summed E-state index contributed by atoms with van der Waals surface area (Å²) < 4.78 is 0.204. The Kier molecular flexibility index (Phi) is 3.17. The van der Waals surface area contributed by atoms with Crippen LogP contribution in [0.4, 0.5) is 11.4 Å². The average Bonchev–Trinajstić information content (AvgIpc) is 2.65. The highest BCUT2D eigenvalue weighted by Crippen LogP contribution is 2.33. The molecule has 1 heterocycles. The molecule has 0 fully saturated rings. The number of rotatable bonds is 2. The van der Waals surface area contributed by atoms with Gasteiger partial charge in [0.15, 0.2) is 0 Å². The van der Waals surface area contributed by atoms with Gasteiger partial charge in [-0.15, -0.1) is 12.6 Å². The normalized spacial score (nSPS) is 19.7. The molecule has 1 aromatic rings. The van der Waals surface area contributed by atoms with Crippen molar-refractivity contribution in [2.45, 2.75) is 4.71 Å². The summed E-state index contributed by atoms with van der Waals surface area (Å²) in [6.45, 7) is 0. The van der Waals surface area contributed by atoms with E-state index in [1.54, 1.807) is 11.8 Å². The molecule has 2 rings (SSSR count). The minimum atomic E-state index is 0.204. The standard InChI is InChI=1S/C11H14N2S2/c1-12(2)9-3-5-10(6-4-9)13-7-8-15-11(13)14/h3-8,11,14H,1-2H3. The molecule has 0 spiro atoms. The smallest absolute Gasteiger partial charge is 0.127 e. The fourth-order valence-electron chi connectivity index (χ4n) is 1.45. The molecule has 0 aromatic heterocycles. The summed E-state index contributed by atoms with van der Waals surface area (Å²) in [4.78, 5) is 4.24. The molecule has 80 valence electrons. The zero-order valence-electron chi connectivity index (χ0n) is 8.79. The Morgan fingerprint density at radius 2 is 1.93 bits per heavy atom. The highest BCUT2D eigenvalue weighted by molar-refractivity contribution is 8.12. The van der Waals surface area contributed by atoms with Crippen LogP contribution in [0, 0.1) is 0 Å². The SMILES string of the molecule is CN(C)c1ccc(N2C=CSC2S)cc1. The monoisotopic (exact) mass is 238 g/mol. The lowest BCUT2D eigenvalue weighted by Crippen LogP contribution is -2.18. The van der Waals surface area contributed by atoms with Crippen LogP contribution >= 0.6 is 24.4 Å². The Bertz CT molecular complexity index is 359. The maximum absolute atomic E-state index is 4.48. The Labute approximate surface area is 100 Å². The van der Waals surface area contributed by atoms with Gasteiger partial charge in [0.2, 0.25) is 0 Å². The van der Waals surface area contributed by atoms with Crippen molar-refractivity contribution in [3.63, 3.8) is 0 Å². The third-order valence-electron chi connectivity index (χ3n) is 2.32. The van der Waals surface area contributed by atoms with Crippen LogP contribution in [0.1, 0.15) is 0 Å². The van der Waals surface area contributed by atoms with Crippen molar-refractivity contribution in [1.82, 2.24) is 0 Å². The largest absolute Gasteiger partial charge is 0.378 e. The summed E-state index contributed by atoms with van der Waals surface area (Å²) in [6.07, 6.45) is 2.06. The van der Waals surface area contributed by atoms with E-state index in [1.165, 1.54) is 11.4 Å². The molecule has 0 N–H and O–H groups in total. The van der Waals surface area contributed by atoms with Crippen LogP contribution in [0.3, 0.4) is 0 Å². The zero-order valence-corrected chi connectivity index (χ0v) is 10.5. The van der Waals surface area contributed by atoms with Crippen molar-refractivity contribution in [3.8, 4) is 0 Å². The Balaban J connectivity index is 2.20. The number of benzene rings is 1. The van der Waals surface area contributed by atoms with Gasteiger partial charge in [-0.1, -0.05) is 11.8 Å². The highest BCUT2D eigenvalue weighted by Gasteiger charge is 2.16. The molecule has 0 bridgehead atoms. The molecule has 15 heavy (non-hydrogen) atoms. The lowest BCUT2D eigenvalue weighted by atomic mass is 10.2. The quantitative estimate of drug-likeness (QED) is 0.792. The molecule has 0 aliphatic carbocycles. The minimum absolute atomic E-state index is 0.204. The van der Waals surface area contributed by atoms with Crippen molar-refractivity contribution >= 4 is 35.8 Å². The van der Waals surface area contributed by atoms with Gasteiger partial charge in [0, 0.05) is 31.7 Å². The fraction of sp³-hybridized carbons (Fsp3) is 0.273. The molecule has 1 aliphatic rings. The summed E-state index contributed by atoms with van der Waals surface area (Å²) in [7, 11) is 4.09. The molecule has 1 aromatic carbocycles. The summed E-state index contributed by atoms with van der Waals surface area (Å²) in [5.74, 6) is 0. The van der Waals surface area contributed by atoms with Gasteiger partial charge in [-0.25, -0.2) is 0 Å². The van der Waals surface area contributed by atoms with Crippen molar-refractivity contribution < 1.29 is 0 Å². The van der Waals surface area contributed by atoms with Crippen LogP contribution in [-0.4, -0.2) is 18.8 Å². The summed E-state index contributed by atoms with van der Waals surface area (Å²) in [6, 6.07) is 8.48. The second-order valence-electron chi connectivity index (χ2n) is 3.57. The third-order valence-corrected chi connectivity index (χ3v) is 3.69. The fourth-order valence-corrected chi connectivity index (χ4v) is 2.53. The predicted octanol–water partition coefficient (Wildman–Crippen LogP) is 2.99. The van der Waals surface area contributed by atoms with Crippen LogP contribution in [0.15, 0.2) is 35.9 Å². The molecular formula is C11H14N2S2. The van der Waals surface area contributed by atoms with E-state index in [-0.39, 0.29) is 4.71 Å². The van der Waals surface area contributed by atoms with Crippen LogP contribution in [0.5, 0.6) is 0 Å². The van der Waals surface area contributed by atoms with Crippen LogP contribution < -0.4 is 9.80 Å². The maximum Gasteiger partial charge on any atom is 0.127 e. The average molecular weight is 238 g/mol. The second-order valence-corrected chi connectivity index (χ2v) is 5.39. The van der Waals surface area contributed by atoms with E-state index in [9.17, 15) is 0 Å². The first kappa shape index (κ1) is 10.8. The molecule has 1 aliphatic heterocycles. The van der Waals surface area contributed by atoms with Gasteiger partial charge >= 0.3 is 0 Å². The first-order chi connectivity index (χ1) is 7.18. The number of thiol groups is 1. The van der Waals surface area contributed by atoms with E-state index in [4.69, 9.17) is 0 Å². The molecule has 1 atom stereocenters. The lowest BCUT2D eigenvalue weighted by molar-refractivity contribution is 1.11. The number of hydrogen-bond acceptors (Lipinski definition) is 4. The first-order valence-electron chi connectivity index (χ1n) is 4.74. The summed E-state index contributed by atoms with van der Waals surface area (Å²) in [5.41, 5.74) is 2.40. The predicted molar refractivity (Wildman–Crippen MR) is 72.8 cm³/mol. The number of anilines is 2. The van der Waals surface area contributed by atoms with Crippen molar-refractivity contribution in [2.75, 3.05) is 23.9 Å². The molecule has 0 amide bonds. The van der Waals surface area contributed by atoms with E-state index >= 15 is 0 Å². The Morgan fingerprint density at radius 3 is 2.40 bits per heavy atom. The maximum atomic E-state index is 4.48. The van der Waals surface area contributed by atoms with E-state index in [1.807, 2.05) is 14.1 Å². The number of nitrogens with zero attached hydrogens (tertiary/aromatic N) is 2. The van der Waals surface area contributed by atoms with E-state index < -0.39 is 0 Å². The topological polar surface area (TPSA) is 6.48 Å². The lowest BCUT2D eigenvalue weighted by Gasteiger charge is -2.21. The van der Waals surface area contributed by atoms with Crippen molar-refractivity contribution in [2.24, 2.45) is 0 Å². The molecule has 1 unspecified atom stereocenters. The Morgan fingerprint density at radius 1 is 1.27 bits per heavy atom. The van der Waals surface area contributed by atoms with Crippen LogP contribution in [-0.2, 0) is 0 Å². The van der Waals surface area contributed by atoms with Crippen molar-refractivity contribution in [1.29, 1.82) is 0 Å². The van der Waals surface area contributed by atoms with Gasteiger partial charge < -0.3 is 9.80 Å². The van der Waals surface area contributed by atoms with Gasteiger partial charge in [-0.05, 0) is 29.7 Å². The zero-order chi connectivity index (χ0) is 10.8.